The summed E-state index contributed by atoms with van der Waals surface area (Å²) in [6.45, 7) is 2.57. The van der Waals surface area contributed by atoms with Crippen LogP contribution in [0, 0.1) is 5.92 Å². The van der Waals surface area contributed by atoms with Crippen LogP contribution in [0.25, 0.3) is 0 Å². The van der Waals surface area contributed by atoms with E-state index < -0.39 is 10.0 Å². The molecule has 0 spiro atoms. The molecule has 1 atom stereocenters. The fourth-order valence-electron chi connectivity index (χ4n) is 4.04. The Morgan fingerprint density at radius 3 is 2.61 bits per heavy atom. The van der Waals surface area contributed by atoms with Gasteiger partial charge in [0.1, 0.15) is 0 Å². The largest absolute Gasteiger partial charge is 0.352 e. The van der Waals surface area contributed by atoms with Crippen molar-refractivity contribution in [1.82, 2.24) is 14.9 Å². The van der Waals surface area contributed by atoms with Crippen molar-refractivity contribution in [2.75, 3.05) is 26.7 Å². The topological polar surface area (TPSA) is 78.5 Å². The number of hydrogen-bond donors (Lipinski definition) is 2. The van der Waals surface area contributed by atoms with E-state index in [1.54, 1.807) is 25.2 Å². The number of nitrogens with zero attached hydrogens (tertiary/aromatic N) is 1. The third kappa shape index (κ3) is 5.69. The number of nitrogens with one attached hydrogen (secondary N) is 2. The van der Waals surface area contributed by atoms with Crippen LogP contribution >= 0.6 is 12.4 Å². The van der Waals surface area contributed by atoms with Gasteiger partial charge in [0.25, 0.3) is 5.91 Å². The van der Waals surface area contributed by atoms with Crippen molar-refractivity contribution in [2.45, 2.75) is 55.9 Å². The van der Waals surface area contributed by atoms with Gasteiger partial charge >= 0.3 is 0 Å². The van der Waals surface area contributed by atoms with Crippen molar-refractivity contribution < 1.29 is 13.2 Å². The first kappa shape index (κ1) is 23.1. The minimum atomic E-state index is -3.59. The van der Waals surface area contributed by atoms with E-state index >= 15 is 0 Å². The Balaban J connectivity index is 0.00000280. The van der Waals surface area contributed by atoms with Crippen molar-refractivity contribution in [3.63, 3.8) is 0 Å². The fraction of sp³-hybridized carbons (Fsp3) is 0.650. The van der Waals surface area contributed by atoms with Gasteiger partial charge in [0.15, 0.2) is 0 Å². The maximum absolute atomic E-state index is 13.0. The second kappa shape index (κ2) is 10.6. The maximum Gasteiger partial charge on any atom is 0.251 e. The average Bonchev–Trinajstić information content (AvgIpc) is 2.73. The molecule has 1 aliphatic carbocycles. The zero-order valence-electron chi connectivity index (χ0n) is 16.5. The molecule has 1 aliphatic heterocycles. The number of sulfonamides is 1. The van der Waals surface area contributed by atoms with Gasteiger partial charge in [0.05, 0.1) is 4.90 Å². The lowest BCUT2D eigenvalue weighted by Gasteiger charge is -2.30. The van der Waals surface area contributed by atoms with Crippen LogP contribution in [0.4, 0.5) is 0 Å². The molecule has 1 aromatic carbocycles. The first-order valence-electron chi connectivity index (χ1n) is 10.1. The number of benzene rings is 1. The van der Waals surface area contributed by atoms with Gasteiger partial charge in [-0.2, -0.15) is 4.31 Å². The molecular weight excluding hydrogens is 398 g/mol. The maximum atomic E-state index is 13.0. The third-order valence-electron chi connectivity index (χ3n) is 5.81. The highest BCUT2D eigenvalue weighted by Gasteiger charge is 2.29. The van der Waals surface area contributed by atoms with E-state index in [0.717, 1.165) is 51.6 Å². The van der Waals surface area contributed by atoms with Gasteiger partial charge in [0, 0.05) is 25.2 Å². The van der Waals surface area contributed by atoms with Crippen molar-refractivity contribution in [2.24, 2.45) is 5.92 Å². The highest BCUT2D eigenvalue weighted by molar-refractivity contribution is 7.89. The van der Waals surface area contributed by atoms with Gasteiger partial charge in [-0.1, -0.05) is 25.3 Å². The molecule has 0 radical (unpaired) electrons. The van der Waals surface area contributed by atoms with Crippen LogP contribution in [0.3, 0.4) is 0 Å². The lowest BCUT2D eigenvalue weighted by Crippen LogP contribution is -2.39. The smallest absolute Gasteiger partial charge is 0.251 e. The van der Waals surface area contributed by atoms with Gasteiger partial charge in [-0.15, -0.1) is 12.4 Å². The van der Waals surface area contributed by atoms with E-state index in [0.29, 0.717) is 18.0 Å². The Hall–Kier alpha value is -1.15. The van der Waals surface area contributed by atoms with Crippen LogP contribution in [0.5, 0.6) is 0 Å². The Labute approximate surface area is 174 Å². The summed E-state index contributed by atoms with van der Waals surface area (Å²) in [6, 6.07) is 6.46. The van der Waals surface area contributed by atoms with Gasteiger partial charge in [-0.05, 0) is 62.9 Å². The molecule has 1 saturated heterocycles. The Morgan fingerprint density at radius 2 is 1.93 bits per heavy atom. The summed E-state index contributed by atoms with van der Waals surface area (Å²) in [5, 5.41) is 6.29. The lowest BCUT2D eigenvalue weighted by atomic mass is 9.96. The summed E-state index contributed by atoms with van der Waals surface area (Å²) >= 11 is 0. The lowest BCUT2D eigenvalue weighted by molar-refractivity contribution is 0.0944. The van der Waals surface area contributed by atoms with Crippen LogP contribution in [0.15, 0.2) is 29.2 Å². The average molecular weight is 430 g/mol. The van der Waals surface area contributed by atoms with Gasteiger partial charge in [-0.3, -0.25) is 4.79 Å². The number of carbonyl (C=O) groups is 1. The van der Waals surface area contributed by atoms with E-state index in [4.69, 9.17) is 0 Å². The SMILES string of the molecule is CN(C1CCCCC1)S(=O)(=O)c1cccc(C(=O)NCC2CCCNC2)c1.Cl. The minimum absolute atomic E-state index is 0. The molecule has 1 amide bonds. The first-order chi connectivity index (χ1) is 13.0. The molecule has 158 valence electrons. The normalized spacial score (nSPS) is 21.1. The van der Waals surface area contributed by atoms with Crippen LogP contribution in [0.2, 0.25) is 0 Å². The molecule has 3 rings (SSSR count). The van der Waals surface area contributed by atoms with Crippen LogP contribution < -0.4 is 10.6 Å². The zero-order valence-corrected chi connectivity index (χ0v) is 18.2. The van der Waals surface area contributed by atoms with E-state index in [-0.39, 0.29) is 29.3 Å². The van der Waals surface area contributed by atoms with Crippen LogP contribution in [-0.2, 0) is 10.0 Å². The molecule has 2 aliphatic rings. The minimum Gasteiger partial charge on any atom is -0.352 e. The third-order valence-corrected chi connectivity index (χ3v) is 7.72. The summed E-state index contributed by atoms with van der Waals surface area (Å²) < 4.78 is 27.5. The molecule has 1 saturated carbocycles. The summed E-state index contributed by atoms with van der Waals surface area (Å²) in [4.78, 5) is 12.7. The van der Waals surface area contributed by atoms with Gasteiger partial charge in [0.2, 0.25) is 10.0 Å². The Bertz CT molecular complexity index is 745. The molecular formula is C20H32ClN3O3S. The van der Waals surface area contributed by atoms with Crippen LogP contribution in [-0.4, -0.2) is 51.4 Å². The van der Waals surface area contributed by atoms with Crippen molar-refractivity contribution in [3.05, 3.63) is 29.8 Å². The van der Waals surface area contributed by atoms with E-state index in [9.17, 15) is 13.2 Å². The number of rotatable bonds is 6. The molecule has 1 aromatic rings. The molecule has 2 fully saturated rings. The molecule has 0 bridgehead atoms. The van der Waals surface area contributed by atoms with E-state index in [1.807, 2.05) is 0 Å². The predicted octanol–water partition coefficient (Wildman–Crippen LogP) is 2.79. The molecule has 1 heterocycles. The quantitative estimate of drug-likeness (QED) is 0.728. The summed E-state index contributed by atoms with van der Waals surface area (Å²) in [6.07, 6.45) is 7.37. The first-order valence-corrected chi connectivity index (χ1v) is 11.5. The van der Waals surface area contributed by atoms with Crippen molar-refractivity contribution in [3.8, 4) is 0 Å². The molecule has 8 heteroatoms. The summed E-state index contributed by atoms with van der Waals surface area (Å²) in [7, 11) is -1.93. The monoisotopic (exact) mass is 429 g/mol. The van der Waals surface area contributed by atoms with Crippen molar-refractivity contribution in [1.29, 1.82) is 0 Å². The Morgan fingerprint density at radius 1 is 1.18 bits per heavy atom. The van der Waals surface area contributed by atoms with Gasteiger partial charge in [-0.25, -0.2) is 8.42 Å². The number of hydrogen-bond acceptors (Lipinski definition) is 4. The summed E-state index contributed by atoms with van der Waals surface area (Å²) in [5.74, 6) is 0.227. The number of piperidine rings is 1. The molecule has 6 nitrogen and oxygen atoms in total. The van der Waals surface area contributed by atoms with Crippen molar-refractivity contribution >= 4 is 28.3 Å². The molecule has 28 heavy (non-hydrogen) atoms. The second-order valence-electron chi connectivity index (χ2n) is 7.76. The highest BCUT2D eigenvalue weighted by Crippen LogP contribution is 2.26. The fourth-order valence-corrected chi connectivity index (χ4v) is 5.50. The van der Waals surface area contributed by atoms with Crippen LogP contribution in [0.1, 0.15) is 55.3 Å². The number of carbonyl (C=O) groups excluding carboxylic acids is 1. The zero-order chi connectivity index (χ0) is 19.3. The Kier molecular flexibility index (Phi) is 8.74. The highest BCUT2D eigenvalue weighted by atomic mass is 35.5. The standard InChI is InChI=1S/C20H31N3O3S.ClH/c1-23(18-9-3-2-4-10-18)27(25,26)19-11-5-8-17(13-19)20(24)22-15-16-7-6-12-21-14-16;/h5,8,11,13,16,18,21H,2-4,6-7,9-10,12,14-15H2,1H3,(H,22,24);1H. The second-order valence-corrected chi connectivity index (χ2v) is 9.76. The van der Waals surface area contributed by atoms with Gasteiger partial charge < -0.3 is 10.6 Å². The number of halogens is 1. The predicted molar refractivity (Wildman–Crippen MR) is 113 cm³/mol. The van der Waals surface area contributed by atoms with E-state index in [2.05, 4.69) is 10.6 Å². The van der Waals surface area contributed by atoms with E-state index in [1.165, 1.54) is 16.8 Å². The molecule has 1 unspecified atom stereocenters. The number of amides is 1. The molecule has 2 N–H and O–H groups in total. The molecule has 0 aromatic heterocycles. The summed E-state index contributed by atoms with van der Waals surface area (Å²) in [5.41, 5.74) is 0.400.